The summed E-state index contributed by atoms with van der Waals surface area (Å²) in [6.07, 6.45) is -0.772. The molecule has 0 fully saturated rings. The van der Waals surface area contributed by atoms with Crippen LogP contribution in [0.2, 0.25) is 0 Å². The number of carbonyl (C=O) groups excluding carboxylic acids is 3. The van der Waals surface area contributed by atoms with Crippen molar-refractivity contribution < 1.29 is 28.6 Å². The van der Waals surface area contributed by atoms with E-state index in [1.54, 1.807) is 0 Å². The van der Waals surface area contributed by atoms with Crippen molar-refractivity contribution in [3.05, 3.63) is 11.3 Å². The van der Waals surface area contributed by atoms with E-state index in [0.717, 1.165) is 5.01 Å². The van der Waals surface area contributed by atoms with Crippen LogP contribution in [-0.2, 0) is 23.8 Å². The number of esters is 2. The van der Waals surface area contributed by atoms with Crippen LogP contribution < -0.4 is 0 Å². The van der Waals surface area contributed by atoms with Crippen molar-refractivity contribution in [2.24, 2.45) is 11.0 Å². The molecule has 1 heterocycles. The molecule has 0 bridgehead atoms. The Kier molecular flexibility index (Phi) is 4.84. The molecule has 20 heavy (non-hydrogen) atoms. The minimum absolute atomic E-state index is 0.00255. The van der Waals surface area contributed by atoms with Gasteiger partial charge in [-0.15, -0.1) is 0 Å². The number of hydrogen-bond acceptors (Lipinski definition) is 7. The molecule has 0 saturated heterocycles. The van der Waals surface area contributed by atoms with Gasteiger partial charge in [-0.3, -0.25) is 4.79 Å². The second-order valence-electron chi connectivity index (χ2n) is 3.97. The monoisotopic (exact) mass is 284 g/mol. The Hall–Kier alpha value is -2.38. The zero-order valence-electron chi connectivity index (χ0n) is 11.9. The van der Waals surface area contributed by atoms with Crippen molar-refractivity contribution in [3.63, 3.8) is 0 Å². The van der Waals surface area contributed by atoms with Crippen LogP contribution in [0.4, 0.5) is 4.79 Å². The van der Waals surface area contributed by atoms with Crippen LogP contribution in [0.25, 0.3) is 0 Å². The maximum atomic E-state index is 11.9. The van der Waals surface area contributed by atoms with Gasteiger partial charge in [0.15, 0.2) is 0 Å². The highest BCUT2D eigenvalue weighted by atomic mass is 16.5. The number of rotatable bonds is 2. The Morgan fingerprint density at radius 2 is 1.65 bits per heavy atom. The van der Waals surface area contributed by atoms with Crippen molar-refractivity contribution in [1.82, 2.24) is 5.01 Å². The van der Waals surface area contributed by atoms with Gasteiger partial charge in [0.25, 0.3) is 0 Å². The van der Waals surface area contributed by atoms with E-state index in [2.05, 4.69) is 19.3 Å². The number of methoxy groups -OCH3 is 3. The molecule has 8 nitrogen and oxygen atoms in total. The molecule has 1 atom stereocenters. The number of hydrogen-bond donors (Lipinski definition) is 0. The zero-order chi connectivity index (χ0) is 15.4. The van der Waals surface area contributed by atoms with Gasteiger partial charge in [-0.2, -0.15) is 10.1 Å². The lowest BCUT2D eigenvalue weighted by Crippen LogP contribution is -2.39. The van der Waals surface area contributed by atoms with E-state index < -0.39 is 23.9 Å². The standard InChI is InChI=1S/C12H16N2O6/c1-6-8(10(15)18-3)9(11(16)19-4)7(2)14(13-6)12(17)20-5/h8H,1-5H3. The normalized spacial score (nSPS) is 18.4. The molecule has 0 radical (unpaired) electrons. The molecule has 1 amide bonds. The Morgan fingerprint density at radius 1 is 1.05 bits per heavy atom. The number of nitrogens with zero attached hydrogens (tertiary/aromatic N) is 2. The molecule has 0 aromatic heterocycles. The summed E-state index contributed by atoms with van der Waals surface area (Å²) in [6, 6.07) is 0. The lowest BCUT2D eigenvalue weighted by Gasteiger charge is -2.28. The summed E-state index contributed by atoms with van der Waals surface area (Å²) in [5, 5.41) is 4.86. The topological polar surface area (TPSA) is 94.5 Å². The van der Waals surface area contributed by atoms with E-state index in [1.165, 1.54) is 35.2 Å². The smallest absolute Gasteiger partial charge is 0.434 e. The Morgan fingerprint density at radius 3 is 2.10 bits per heavy atom. The van der Waals surface area contributed by atoms with Crippen LogP contribution in [-0.4, -0.2) is 50.1 Å². The van der Waals surface area contributed by atoms with Gasteiger partial charge >= 0.3 is 18.0 Å². The van der Waals surface area contributed by atoms with E-state index in [0.29, 0.717) is 0 Å². The molecule has 0 N–H and O–H groups in total. The zero-order valence-corrected chi connectivity index (χ0v) is 11.9. The fourth-order valence-electron chi connectivity index (χ4n) is 1.87. The molecular formula is C12H16N2O6. The van der Waals surface area contributed by atoms with E-state index in [1.807, 2.05) is 0 Å². The first-order chi connectivity index (χ1) is 9.38. The Balaban J connectivity index is 3.40. The van der Waals surface area contributed by atoms with Crippen LogP contribution in [0, 0.1) is 5.92 Å². The van der Waals surface area contributed by atoms with E-state index in [9.17, 15) is 14.4 Å². The lowest BCUT2D eigenvalue weighted by atomic mass is 9.91. The first-order valence-electron chi connectivity index (χ1n) is 5.69. The minimum atomic E-state index is -1.01. The van der Waals surface area contributed by atoms with Crippen LogP contribution in [0.1, 0.15) is 13.8 Å². The predicted molar refractivity (Wildman–Crippen MR) is 67.6 cm³/mol. The summed E-state index contributed by atoms with van der Waals surface area (Å²) in [5.74, 6) is -2.40. The van der Waals surface area contributed by atoms with Gasteiger partial charge < -0.3 is 14.2 Å². The van der Waals surface area contributed by atoms with Crippen molar-refractivity contribution in [1.29, 1.82) is 0 Å². The summed E-state index contributed by atoms with van der Waals surface area (Å²) in [6.45, 7) is 2.97. The average Bonchev–Trinajstić information content (AvgIpc) is 2.46. The maximum absolute atomic E-state index is 11.9. The van der Waals surface area contributed by atoms with E-state index in [-0.39, 0.29) is 17.0 Å². The van der Waals surface area contributed by atoms with Crippen molar-refractivity contribution in [2.75, 3.05) is 21.3 Å². The molecule has 1 aliphatic rings. The molecule has 0 aliphatic carbocycles. The number of allylic oxidation sites excluding steroid dienone is 1. The molecule has 110 valence electrons. The van der Waals surface area contributed by atoms with Gasteiger partial charge in [0, 0.05) is 0 Å². The number of amides is 1. The number of ether oxygens (including phenoxy) is 3. The van der Waals surface area contributed by atoms with Gasteiger partial charge in [0.2, 0.25) is 0 Å². The number of carbonyl (C=O) groups is 3. The molecule has 0 aromatic rings. The Labute approximate surface area is 116 Å². The number of hydrazone groups is 1. The van der Waals surface area contributed by atoms with Crippen molar-refractivity contribution >= 4 is 23.7 Å². The van der Waals surface area contributed by atoms with Crippen LogP contribution in [0.15, 0.2) is 16.4 Å². The highest BCUT2D eigenvalue weighted by molar-refractivity contribution is 6.12. The van der Waals surface area contributed by atoms with Gasteiger partial charge in [0.05, 0.1) is 38.3 Å². The SMILES string of the molecule is COC(=O)C1=C(C)N(C(=O)OC)N=C(C)C1C(=O)OC. The van der Waals surface area contributed by atoms with E-state index >= 15 is 0 Å². The first-order valence-corrected chi connectivity index (χ1v) is 5.69. The van der Waals surface area contributed by atoms with Gasteiger partial charge in [-0.25, -0.2) is 9.59 Å². The molecule has 0 spiro atoms. The maximum Gasteiger partial charge on any atom is 0.434 e. The highest BCUT2D eigenvalue weighted by Gasteiger charge is 2.40. The molecule has 8 heteroatoms. The predicted octanol–water partition coefficient (Wildman–Crippen LogP) is 0.680. The van der Waals surface area contributed by atoms with Crippen LogP contribution in [0.5, 0.6) is 0 Å². The molecule has 1 aliphatic heterocycles. The average molecular weight is 284 g/mol. The van der Waals surface area contributed by atoms with Gasteiger partial charge in [0.1, 0.15) is 5.92 Å². The van der Waals surface area contributed by atoms with Gasteiger partial charge in [-0.1, -0.05) is 0 Å². The summed E-state index contributed by atoms with van der Waals surface area (Å²) in [4.78, 5) is 35.3. The molecule has 1 rings (SSSR count). The quantitative estimate of drug-likeness (QED) is 0.546. The van der Waals surface area contributed by atoms with Crippen molar-refractivity contribution in [2.45, 2.75) is 13.8 Å². The fourth-order valence-corrected chi connectivity index (χ4v) is 1.87. The fraction of sp³-hybridized carbons (Fsp3) is 0.500. The molecule has 0 saturated carbocycles. The van der Waals surface area contributed by atoms with Crippen LogP contribution in [0.3, 0.4) is 0 Å². The second-order valence-corrected chi connectivity index (χ2v) is 3.97. The second kappa shape index (κ2) is 6.18. The van der Waals surface area contributed by atoms with Crippen molar-refractivity contribution in [3.8, 4) is 0 Å². The molecular weight excluding hydrogens is 268 g/mol. The molecule has 0 aromatic carbocycles. The van der Waals surface area contributed by atoms with Crippen LogP contribution >= 0.6 is 0 Å². The minimum Gasteiger partial charge on any atom is -0.468 e. The largest absolute Gasteiger partial charge is 0.468 e. The van der Waals surface area contributed by atoms with Gasteiger partial charge in [-0.05, 0) is 13.8 Å². The third kappa shape index (κ3) is 2.63. The summed E-state index contributed by atoms with van der Waals surface area (Å²) >= 11 is 0. The lowest BCUT2D eigenvalue weighted by molar-refractivity contribution is -0.145. The van der Waals surface area contributed by atoms with E-state index in [4.69, 9.17) is 0 Å². The first kappa shape index (κ1) is 15.7. The summed E-state index contributed by atoms with van der Waals surface area (Å²) in [5.41, 5.74) is 0.384. The third-order valence-corrected chi connectivity index (χ3v) is 2.86. The summed E-state index contributed by atoms with van der Waals surface area (Å²) < 4.78 is 13.9. The highest BCUT2D eigenvalue weighted by Crippen LogP contribution is 2.28. The Bertz CT molecular complexity index is 508. The third-order valence-electron chi connectivity index (χ3n) is 2.86. The molecule has 1 unspecified atom stereocenters. The summed E-state index contributed by atoms with van der Waals surface area (Å²) in [7, 11) is 3.57.